The number of ether oxygens (including phenoxy) is 2. The highest BCUT2D eigenvalue weighted by atomic mass is 16.6. The van der Waals surface area contributed by atoms with Crippen LogP contribution in [-0.2, 0) is 4.74 Å². The quantitative estimate of drug-likeness (QED) is 0.802. The van der Waals surface area contributed by atoms with Gasteiger partial charge in [0.1, 0.15) is 12.4 Å². The molecule has 2 unspecified atom stereocenters. The number of para-hydroxylation sites is 1. The zero-order valence-electron chi connectivity index (χ0n) is 10.6. The molecule has 1 aromatic carbocycles. The van der Waals surface area contributed by atoms with Crippen molar-refractivity contribution in [1.29, 1.82) is 0 Å². The Bertz CT molecular complexity index is 283. The molecule has 0 amide bonds. The van der Waals surface area contributed by atoms with Crippen molar-refractivity contribution in [3.63, 3.8) is 0 Å². The maximum absolute atomic E-state index is 9.19. The van der Waals surface area contributed by atoms with Crippen molar-refractivity contribution in [3.8, 4) is 5.75 Å². The minimum absolute atomic E-state index is 0.356. The van der Waals surface area contributed by atoms with E-state index in [1.54, 1.807) is 0 Å². The first-order valence-corrected chi connectivity index (χ1v) is 6.23. The van der Waals surface area contributed by atoms with Crippen molar-refractivity contribution in [2.45, 2.75) is 38.9 Å². The molecule has 1 aliphatic heterocycles. The van der Waals surface area contributed by atoms with Gasteiger partial charge in [0.15, 0.2) is 0 Å². The summed E-state index contributed by atoms with van der Waals surface area (Å²) in [6, 6.07) is 9.51. The van der Waals surface area contributed by atoms with Crippen LogP contribution in [-0.4, -0.2) is 30.5 Å². The molecule has 96 valence electrons. The van der Waals surface area contributed by atoms with E-state index >= 15 is 0 Å². The van der Waals surface area contributed by atoms with Crippen molar-refractivity contribution < 1.29 is 14.6 Å². The Balaban J connectivity index is 0.000000239. The summed E-state index contributed by atoms with van der Waals surface area (Å²) >= 11 is 0. The number of aliphatic hydroxyl groups is 1. The lowest BCUT2D eigenvalue weighted by Gasteiger charge is -2.09. The molecule has 2 rings (SSSR count). The number of benzene rings is 1. The van der Waals surface area contributed by atoms with Crippen molar-refractivity contribution in [3.05, 3.63) is 30.3 Å². The van der Waals surface area contributed by atoms with Crippen LogP contribution in [0.4, 0.5) is 0 Å². The van der Waals surface area contributed by atoms with E-state index in [-0.39, 0.29) is 6.10 Å². The van der Waals surface area contributed by atoms with Crippen molar-refractivity contribution >= 4 is 0 Å². The summed E-state index contributed by atoms with van der Waals surface area (Å²) in [7, 11) is 0. The maximum Gasteiger partial charge on any atom is 0.119 e. The van der Waals surface area contributed by atoms with Gasteiger partial charge in [-0.2, -0.15) is 0 Å². The molecule has 1 heterocycles. The molecule has 0 saturated carbocycles. The van der Waals surface area contributed by atoms with Gasteiger partial charge in [-0.25, -0.2) is 0 Å². The number of aliphatic hydroxyl groups excluding tert-OH is 1. The van der Waals surface area contributed by atoms with E-state index in [0.717, 1.165) is 18.8 Å². The summed E-state index contributed by atoms with van der Waals surface area (Å²) in [5.74, 6) is 0.810. The minimum Gasteiger partial charge on any atom is -0.491 e. The summed E-state index contributed by atoms with van der Waals surface area (Å²) < 4.78 is 10.2. The highest BCUT2D eigenvalue weighted by Gasteiger charge is 2.18. The lowest BCUT2D eigenvalue weighted by atomic mass is 10.3. The van der Waals surface area contributed by atoms with Crippen molar-refractivity contribution in [2.24, 2.45) is 0 Å². The Hall–Kier alpha value is -1.06. The molecule has 1 saturated heterocycles. The van der Waals surface area contributed by atoms with Crippen molar-refractivity contribution in [2.75, 3.05) is 13.2 Å². The lowest BCUT2D eigenvalue weighted by molar-refractivity contribution is 0.104. The standard InChI is InChI=1S/C10H14O2.C4H8O/c1-2-9(11)8-12-10-6-4-3-5-7-10;1-2-4-3-5-4/h3-7,9,11H,2,8H2,1H3;4H,2-3H2,1H3. The highest BCUT2D eigenvalue weighted by Crippen LogP contribution is 2.11. The molecule has 0 radical (unpaired) electrons. The fourth-order valence-corrected chi connectivity index (χ4v) is 1.13. The van der Waals surface area contributed by atoms with Crippen LogP contribution in [0.5, 0.6) is 5.75 Å². The van der Waals surface area contributed by atoms with Crippen LogP contribution in [0.3, 0.4) is 0 Å². The molecule has 17 heavy (non-hydrogen) atoms. The Morgan fingerprint density at radius 3 is 2.41 bits per heavy atom. The second-order valence-corrected chi connectivity index (χ2v) is 4.05. The monoisotopic (exact) mass is 238 g/mol. The molecule has 1 aliphatic rings. The molecule has 1 N–H and O–H groups in total. The zero-order chi connectivity index (χ0) is 12.5. The summed E-state index contributed by atoms with van der Waals surface area (Å²) in [5.41, 5.74) is 0. The van der Waals surface area contributed by atoms with Gasteiger partial charge in [-0.3, -0.25) is 0 Å². The third-order valence-corrected chi connectivity index (χ3v) is 2.51. The molecule has 1 fully saturated rings. The second kappa shape index (κ2) is 8.09. The van der Waals surface area contributed by atoms with Crippen LogP contribution >= 0.6 is 0 Å². The van der Waals surface area contributed by atoms with Gasteiger partial charge >= 0.3 is 0 Å². The van der Waals surface area contributed by atoms with Crippen LogP contribution in [0.25, 0.3) is 0 Å². The number of rotatable bonds is 5. The lowest BCUT2D eigenvalue weighted by Crippen LogP contribution is -2.15. The van der Waals surface area contributed by atoms with Gasteiger partial charge < -0.3 is 14.6 Å². The van der Waals surface area contributed by atoms with Gasteiger partial charge in [0.2, 0.25) is 0 Å². The predicted octanol–water partition coefficient (Wildman–Crippen LogP) is 2.63. The third kappa shape index (κ3) is 6.97. The van der Waals surface area contributed by atoms with Gasteiger partial charge in [0.05, 0.1) is 18.8 Å². The smallest absolute Gasteiger partial charge is 0.119 e. The molecular formula is C14H22O3. The van der Waals surface area contributed by atoms with E-state index < -0.39 is 0 Å². The molecular weight excluding hydrogens is 216 g/mol. The second-order valence-electron chi connectivity index (χ2n) is 4.05. The van der Waals surface area contributed by atoms with E-state index in [9.17, 15) is 5.11 Å². The first-order chi connectivity index (χ1) is 8.26. The molecule has 3 nitrogen and oxygen atoms in total. The highest BCUT2D eigenvalue weighted by molar-refractivity contribution is 5.20. The fraction of sp³-hybridized carbons (Fsp3) is 0.571. The van der Waals surface area contributed by atoms with Crippen molar-refractivity contribution in [1.82, 2.24) is 0 Å². The molecule has 3 heteroatoms. The van der Waals surface area contributed by atoms with Crippen LogP contribution in [0.2, 0.25) is 0 Å². The summed E-state index contributed by atoms with van der Waals surface area (Å²) in [5, 5.41) is 9.19. The van der Waals surface area contributed by atoms with E-state index in [2.05, 4.69) is 6.92 Å². The van der Waals surface area contributed by atoms with E-state index in [1.165, 1.54) is 6.42 Å². The summed E-state index contributed by atoms with van der Waals surface area (Å²) in [4.78, 5) is 0. The molecule has 0 spiro atoms. The fourth-order valence-electron chi connectivity index (χ4n) is 1.13. The Morgan fingerprint density at radius 1 is 1.35 bits per heavy atom. The predicted molar refractivity (Wildman–Crippen MR) is 68.3 cm³/mol. The van der Waals surface area contributed by atoms with Gasteiger partial charge in [0, 0.05) is 0 Å². The van der Waals surface area contributed by atoms with Crippen LogP contribution in [0.1, 0.15) is 26.7 Å². The van der Waals surface area contributed by atoms with Gasteiger partial charge in [0.25, 0.3) is 0 Å². The Labute approximate surface area is 103 Å². The SMILES string of the molecule is CCC(O)COc1ccccc1.CCC1CO1. The third-order valence-electron chi connectivity index (χ3n) is 2.51. The molecule has 0 aromatic heterocycles. The maximum atomic E-state index is 9.19. The Kier molecular flexibility index (Phi) is 6.67. The molecule has 0 aliphatic carbocycles. The Morgan fingerprint density at radius 2 is 2.00 bits per heavy atom. The number of hydrogen-bond acceptors (Lipinski definition) is 3. The van der Waals surface area contributed by atoms with Gasteiger partial charge in [-0.1, -0.05) is 32.0 Å². The minimum atomic E-state index is -0.356. The van der Waals surface area contributed by atoms with Crippen LogP contribution < -0.4 is 4.74 Å². The molecule has 1 aromatic rings. The average molecular weight is 238 g/mol. The van der Waals surface area contributed by atoms with Crippen LogP contribution in [0.15, 0.2) is 30.3 Å². The number of epoxide rings is 1. The number of hydrogen-bond donors (Lipinski definition) is 1. The first-order valence-electron chi connectivity index (χ1n) is 6.23. The van der Waals surface area contributed by atoms with E-state index in [0.29, 0.717) is 12.7 Å². The zero-order valence-corrected chi connectivity index (χ0v) is 10.6. The van der Waals surface area contributed by atoms with E-state index in [1.807, 2.05) is 37.3 Å². The normalized spacial score (nSPS) is 18.9. The topological polar surface area (TPSA) is 42.0 Å². The molecule has 2 atom stereocenters. The summed E-state index contributed by atoms with van der Waals surface area (Å²) in [6.45, 7) is 5.45. The summed E-state index contributed by atoms with van der Waals surface area (Å²) in [6.07, 6.45) is 2.20. The van der Waals surface area contributed by atoms with Gasteiger partial charge in [-0.15, -0.1) is 0 Å². The average Bonchev–Trinajstić information content (AvgIpc) is 3.22. The van der Waals surface area contributed by atoms with Gasteiger partial charge in [-0.05, 0) is 25.0 Å². The van der Waals surface area contributed by atoms with E-state index in [4.69, 9.17) is 9.47 Å². The molecule has 0 bridgehead atoms. The largest absolute Gasteiger partial charge is 0.491 e. The first kappa shape index (κ1) is 14.0. The van der Waals surface area contributed by atoms with Crippen LogP contribution in [0, 0.1) is 0 Å².